The van der Waals surface area contributed by atoms with E-state index in [2.05, 4.69) is 4.98 Å². The molecule has 0 aliphatic heterocycles. The molecule has 7 heteroatoms. The van der Waals surface area contributed by atoms with Gasteiger partial charge in [0, 0.05) is 5.69 Å². The maximum absolute atomic E-state index is 11.9. The number of aryl methyl sites for hydroxylation is 1. The summed E-state index contributed by atoms with van der Waals surface area (Å²) in [5.41, 5.74) is 0.238. The molecule has 0 radical (unpaired) electrons. The van der Waals surface area contributed by atoms with E-state index >= 15 is 0 Å². The number of nitrogens with one attached hydrogen (secondary N) is 1. The van der Waals surface area contributed by atoms with Crippen molar-refractivity contribution in [1.29, 1.82) is 0 Å². The van der Waals surface area contributed by atoms with Crippen LogP contribution in [0.4, 0.5) is 19.0 Å². The highest BCUT2D eigenvalue weighted by Crippen LogP contribution is 2.16. The minimum absolute atomic E-state index is 0.0998. The molecule has 1 aromatic rings. The van der Waals surface area contributed by atoms with Crippen molar-refractivity contribution in [3.63, 3.8) is 0 Å². The molecule has 1 rings (SSSR count). The van der Waals surface area contributed by atoms with Gasteiger partial charge in [0.2, 0.25) is 0 Å². The molecule has 16 heavy (non-hydrogen) atoms. The van der Waals surface area contributed by atoms with Gasteiger partial charge in [-0.15, -0.1) is 0 Å². The molecule has 2 N–H and O–H groups in total. The molecule has 4 nitrogen and oxygen atoms in total. The molecule has 0 aliphatic carbocycles. The van der Waals surface area contributed by atoms with Gasteiger partial charge in [-0.2, -0.15) is 13.2 Å². The Morgan fingerprint density at radius 1 is 1.50 bits per heavy atom. The zero-order chi connectivity index (χ0) is 12.3. The van der Waals surface area contributed by atoms with Gasteiger partial charge in [0.25, 0.3) is 0 Å². The van der Waals surface area contributed by atoms with Crippen LogP contribution < -0.4 is 5.32 Å². The summed E-state index contributed by atoms with van der Waals surface area (Å²) in [6.45, 7) is 0.258. The normalized spacial score (nSPS) is 11.2. The summed E-state index contributed by atoms with van der Waals surface area (Å²) in [6.07, 6.45) is -4.37. The van der Waals surface area contributed by atoms with Crippen LogP contribution in [0.3, 0.4) is 0 Å². The highest BCUT2D eigenvalue weighted by molar-refractivity contribution is 5.88. The minimum atomic E-state index is -4.37. The van der Waals surface area contributed by atoms with Gasteiger partial charge < -0.3 is 10.4 Å². The Morgan fingerprint density at radius 3 is 2.62 bits per heavy atom. The largest absolute Gasteiger partial charge is 0.478 e. The maximum Gasteiger partial charge on any atom is 0.405 e. The van der Waals surface area contributed by atoms with Crippen LogP contribution in [-0.2, 0) is 0 Å². The van der Waals surface area contributed by atoms with E-state index in [0.29, 0.717) is 5.69 Å². The Balaban J connectivity index is 2.85. The summed E-state index contributed by atoms with van der Waals surface area (Å²) in [5, 5.41) is 10.7. The number of aromatic nitrogens is 1. The Hall–Kier alpha value is -1.79. The monoisotopic (exact) mass is 234 g/mol. The molecule has 0 saturated carbocycles. The second-order valence-corrected chi connectivity index (χ2v) is 3.16. The van der Waals surface area contributed by atoms with Crippen LogP contribution >= 0.6 is 0 Å². The first-order valence-corrected chi connectivity index (χ1v) is 4.30. The van der Waals surface area contributed by atoms with Crippen molar-refractivity contribution in [1.82, 2.24) is 4.98 Å². The lowest BCUT2D eigenvalue weighted by Gasteiger charge is -2.09. The fourth-order valence-corrected chi connectivity index (χ4v) is 1.07. The van der Waals surface area contributed by atoms with Crippen molar-refractivity contribution in [2.45, 2.75) is 13.1 Å². The summed E-state index contributed by atoms with van der Waals surface area (Å²) in [7, 11) is 0. The topological polar surface area (TPSA) is 62.2 Å². The maximum atomic E-state index is 11.9. The number of hydrogen-bond donors (Lipinski definition) is 2. The predicted molar refractivity (Wildman–Crippen MR) is 50.5 cm³/mol. The van der Waals surface area contributed by atoms with Crippen LogP contribution in [0.1, 0.15) is 16.1 Å². The van der Waals surface area contributed by atoms with E-state index in [-0.39, 0.29) is 11.4 Å². The first kappa shape index (κ1) is 12.3. The molecule has 0 bridgehead atoms. The summed E-state index contributed by atoms with van der Waals surface area (Å²) in [4.78, 5) is 14.4. The van der Waals surface area contributed by atoms with Gasteiger partial charge in [-0.25, -0.2) is 9.78 Å². The van der Waals surface area contributed by atoms with E-state index in [1.807, 2.05) is 5.32 Å². The fraction of sp³-hybridized carbons (Fsp3) is 0.333. The highest BCUT2D eigenvalue weighted by Gasteiger charge is 2.26. The molecular formula is C9H9F3N2O2. The summed E-state index contributed by atoms with van der Waals surface area (Å²) < 4.78 is 35.7. The molecule has 0 amide bonds. The predicted octanol–water partition coefficient (Wildman–Crippen LogP) is 2.06. The molecule has 0 saturated heterocycles. The van der Waals surface area contributed by atoms with Crippen LogP contribution in [-0.4, -0.2) is 28.8 Å². The van der Waals surface area contributed by atoms with Crippen molar-refractivity contribution in [3.8, 4) is 0 Å². The zero-order valence-corrected chi connectivity index (χ0v) is 8.30. The molecule has 1 aromatic heterocycles. The first-order chi connectivity index (χ1) is 7.28. The lowest BCUT2D eigenvalue weighted by Crippen LogP contribution is -2.22. The molecule has 0 atom stereocenters. The average Bonchev–Trinajstić information content (AvgIpc) is 2.13. The SMILES string of the molecule is Cc1cc(C(=O)O)cc(NCC(F)(F)F)n1. The van der Waals surface area contributed by atoms with Crippen molar-refractivity contribution < 1.29 is 23.1 Å². The summed E-state index contributed by atoms with van der Waals surface area (Å²) >= 11 is 0. The van der Waals surface area contributed by atoms with E-state index in [0.717, 1.165) is 6.07 Å². The smallest absolute Gasteiger partial charge is 0.405 e. The van der Waals surface area contributed by atoms with Gasteiger partial charge in [-0.05, 0) is 19.1 Å². The number of rotatable bonds is 3. The number of halogens is 3. The number of carboxylic acids is 1. The number of carboxylic acid groups (broad SMARTS) is 1. The quantitative estimate of drug-likeness (QED) is 0.840. The van der Waals surface area contributed by atoms with Gasteiger partial charge in [0.15, 0.2) is 0 Å². The minimum Gasteiger partial charge on any atom is -0.478 e. The van der Waals surface area contributed by atoms with Crippen molar-refractivity contribution in [2.75, 3.05) is 11.9 Å². The van der Waals surface area contributed by atoms with Crippen molar-refractivity contribution in [2.24, 2.45) is 0 Å². The molecule has 0 unspecified atom stereocenters. The number of pyridine rings is 1. The number of aromatic carboxylic acids is 1. The van der Waals surface area contributed by atoms with Gasteiger partial charge >= 0.3 is 12.1 Å². The number of carbonyl (C=O) groups is 1. The van der Waals surface area contributed by atoms with Gasteiger partial charge in [0.1, 0.15) is 12.4 Å². The Bertz CT molecular complexity index is 404. The number of anilines is 1. The molecule has 0 spiro atoms. The van der Waals surface area contributed by atoms with E-state index in [9.17, 15) is 18.0 Å². The van der Waals surface area contributed by atoms with Crippen molar-refractivity contribution >= 4 is 11.8 Å². The van der Waals surface area contributed by atoms with Gasteiger partial charge in [0.05, 0.1) is 5.56 Å². The third-order valence-corrected chi connectivity index (χ3v) is 1.67. The Kier molecular flexibility index (Phi) is 3.36. The Morgan fingerprint density at radius 2 is 2.12 bits per heavy atom. The molecule has 1 heterocycles. The third-order valence-electron chi connectivity index (χ3n) is 1.67. The van der Waals surface area contributed by atoms with Crippen LogP contribution in [0.15, 0.2) is 12.1 Å². The average molecular weight is 234 g/mol. The fourth-order valence-electron chi connectivity index (χ4n) is 1.07. The highest BCUT2D eigenvalue weighted by atomic mass is 19.4. The standard InChI is InChI=1S/C9H9F3N2O2/c1-5-2-6(8(15)16)3-7(14-5)13-4-9(10,11)12/h2-3H,4H2,1H3,(H,13,14)(H,15,16). The lowest BCUT2D eigenvalue weighted by molar-refractivity contribution is -0.115. The molecular weight excluding hydrogens is 225 g/mol. The van der Waals surface area contributed by atoms with Crippen molar-refractivity contribution in [3.05, 3.63) is 23.4 Å². The number of nitrogens with zero attached hydrogens (tertiary/aromatic N) is 1. The van der Waals surface area contributed by atoms with Crippen LogP contribution in [0.2, 0.25) is 0 Å². The molecule has 88 valence electrons. The van der Waals surface area contributed by atoms with Crippen LogP contribution in [0, 0.1) is 6.92 Å². The van der Waals surface area contributed by atoms with Gasteiger partial charge in [-0.3, -0.25) is 0 Å². The summed E-state index contributed by atoms with van der Waals surface area (Å²) in [6, 6.07) is 2.34. The lowest BCUT2D eigenvalue weighted by atomic mass is 10.2. The van der Waals surface area contributed by atoms with E-state index in [1.54, 1.807) is 0 Å². The van der Waals surface area contributed by atoms with Gasteiger partial charge in [-0.1, -0.05) is 0 Å². The van der Waals surface area contributed by atoms with E-state index in [1.165, 1.54) is 13.0 Å². The number of hydrogen-bond acceptors (Lipinski definition) is 3. The molecule has 0 fully saturated rings. The molecule has 0 aliphatic rings. The summed E-state index contributed by atoms with van der Waals surface area (Å²) in [5.74, 6) is -1.31. The number of alkyl halides is 3. The second-order valence-electron chi connectivity index (χ2n) is 3.16. The Labute approximate surface area is 89.1 Å². The van der Waals surface area contributed by atoms with Crippen LogP contribution in [0.25, 0.3) is 0 Å². The molecule has 0 aromatic carbocycles. The van der Waals surface area contributed by atoms with E-state index in [4.69, 9.17) is 5.11 Å². The van der Waals surface area contributed by atoms with Crippen LogP contribution in [0.5, 0.6) is 0 Å². The third kappa shape index (κ3) is 3.76. The van der Waals surface area contributed by atoms with E-state index < -0.39 is 18.7 Å². The first-order valence-electron chi connectivity index (χ1n) is 4.30. The second kappa shape index (κ2) is 4.38. The zero-order valence-electron chi connectivity index (χ0n) is 8.30.